The molecule has 5 heteroatoms. The summed E-state index contributed by atoms with van der Waals surface area (Å²) in [5.41, 5.74) is 3.12. The van der Waals surface area contributed by atoms with Crippen LogP contribution in [0.3, 0.4) is 0 Å². The number of carboxylic acids is 1. The standard InChI is InChI=1S/C10H9NO.C9H7NO2/c1-7(12)8-2-3-10-9(6-8)4-5-11-10;11-9(12)7-1-2-8-6(5-7)3-4-10-8/h2-6,11H,1H3;1-5,10H,(H,11,12). The Morgan fingerprint density at radius 2 is 1.29 bits per heavy atom. The molecular weight excluding hydrogens is 304 g/mol. The average molecular weight is 320 g/mol. The Morgan fingerprint density at radius 1 is 0.792 bits per heavy atom. The Kier molecular flexibility index (Phi) is 4.16. The van der Waals surface area contributed by atoms with Crippen molar-refractivity contribution in [2.75, 3.05) is 0 Å². The summed E-state index contributed by atoms with van der Waals surface area (Å²) < 4.78 is 0. The van der Waals surface area contributed by atoms with Crippen LogP contribution in [0.15, 0.2) is 60.9 Å². The third kappa shape index (κ3) is 3.20. The largest absolute Gasteiger partial charge is 0.478 e. The first-order valence-corrected chi connectivity index (χ1v) is 7.43. The van der Waals surface area contributed by atoms with Crippen LogP contribution in [0, 0.1) is 0 Å². The lowest BCUT2D eigenvalue weighted by molar-refractivity contribution is 0.0697. The van der Waals surface area contributed by atoms with Crippen molar-refractivity contribution in [1.82, 2.24) is 9.97 Å². The summed E-state index contributed by atoms with van der Waals surface area (Å²) >= 11 is 0. The number of carbonyl (C=O) groups is 2. The molecule has 4 rings (SSSR count). The van der Waals surface area contributed by atoms with Crippen molar-refractivity contribution in [1.29, 1.82) is 0 Å². The number of carboxylic acid groups (broad SMARTS) is 1. The second-order valence-corrected chi connectivity index (χ2v) is 5.42. The zero-order chi connectivity index (χ0) is 17.1. The molecular formula is C19H16N2O3. The molecule has 0 aliphatic carbocycles. The number of Topliss-reactive ketones (excluding diaryl/α,β-unsaturated/α-hetero) is 1. The summed E-state index contributed by atoms with van der Waals surface area (Å²) in [6.07, 6.45) is 3.66. The average Bonchev–Trinajstić information content (AvgIpc) is 3.22. The molecule has 0 aliphatic heterocycles. The van der Waals surface area contributed by atoms with Gasteiger partial charge < -0.3 is 15.1 Å². The number of nitrogens with one attached hydrogen (secondary N) is 2. The fourth-order valence-corrected chi connectivity index (χ4v) is 2.46. The summed E-state index contributed by atoms with van der Waals surface area (Å²) in [5, 5.41) is 10.7. The highest BCUT2D eigenvalue weighted by atomic mass is 16.4. The monoisotopic (exact) mass is 320 g/mol. The van der Waals surface area contributed by atoms with Gasteiger partial charge >= 0.3 is 5.97 Å². The number of hydrogen-bond acceptors (Lipinski definition) is 2. The lowest BCUT2D eigenvalue weighted by atomic mass is 10.1. The number of fused-ring (bicyclic) bond motifs is 2. The number of aromatic carboxylic acids is 1. The molecule has 2 aromatic carbocycles. The first kappa shape index (κ1) is 15.6. The van der Waals surface area contributed by atoms with Crippen LogP contribution in [0.2, 0.25) is 0 Å². The van der Waals surface area contributed by atoms with Crippen molar-refractivity contribution in [3.63, 3.8) is 0 Å². The Morgan fingerprint density at radius 3 is 1.79 bits per heavy atom. The quantitative estimate of drug-likeness (QED) is 0.483. The van der Waals surface area contributed by atoms with Crippen LogP contribution >= 0.6 is 0 Å². The summed E-state index contributed by atoms with van der Waals surface area (Å²) in [6, 6.07) is 14.5. The number of carbonyl (C=O) groups excluding carboxylic acids is 1. The predicted molar refractivity (Wildman–Crippen MR) is 93.6 cm³/mol. The maximum Gasteiger partial charge on any atom is 0.335 e. The predicted octanol–water partition coefficient (Wildman–Crippen LogP) is 4.24. The van der Waals surface area contributed by atoms with E-state index in [1.807, 2.05) is 36.5 Å². The van der Waals surface area contributed by atoms with Gasteiger partial charge in [0, 0.05) is 39.8 Å². The number of H-pyrrole nitrogens is 2. The van der Waals surface area contributed by atoms with E-state index in [0.717, 1.165) is 27.4 Å². The van der Waals surface area contributed by atoms with E-state index in [4.69, 9.17) is 5.11 Å². The van der Waals surface area contributed by atoms with Crippen molar-refractivity contribution in [2.45, 2.75) is 6.92 Å². The number of hydrogen-bond donors (Lipinski definition) is 3. The van der Waals surface area contributed by atoms with E-state index in [1.54, 1.807) is 31.3 Å². The summed E-state index contributed by atoms with van der Waals surface area (Å²) in [6.45, 7) is 1.58. The van der Waals surface area contributed by atoms with E-state index in [1.165, 1.54) is 0 Å². The van der Waals surface area contributed by atoms with Crippen molar-refractivity contribution in [3.05, 3.63) is 72.1 Å². The van der Waals surface area contributed by atoms with Gasteiger partial charge in [-0.3, -0.25) is 4.79 Å². The van der Waals surface area contributed by atoms with Crippen LogP contribution < -0.4 is 0 Å². The van der Waals surface area contributed by atoms with Crippen molar-refractivity contribution in [3.8, 4) is 0 Å². The molecule has 2 aromatic heterocycles. The molecule has 24 heavy (non-hydrogen) atoms. The van der Waals surface area contributed by atoms with Gasteiger partial charge in [-0.25, -0.2) is 4.79 Å². The highest BCUT2D eigenvalue weighted by Gasteiger charge is 2.03. The highest BCUT2D eigenvalue weighted by molar-refractivity contribution is 5.98. The van der Waals surface area contributed by atoms with E-state index in [9.17, 15) is 9.59 Å². The number of aromatic amines is 2. The van der Waals surface area contributed by atoms with Crippen LogP contribution in [0.25, 0.3) is 21.8 Å². The van der Waals surface area contributed by atoms with E-state index >= 15 is 0 Å². The summed E-state index contributed by atoms with van der Waals surface area (Å²) in [7, 11) is 0. The van der Waals surface area contributed by atoms with Gasteiger partial charge in [-0.15, -0.1) is 0 Å². The molecule has 3 N–H and O–H groups in total. The second kappa shape index (κ2) is 6.42. The molecule has 120 valence electrons. The van der Waals surface area contributed by atoms with Gasteiger partial charge in [0.2, 0.25) is 0 Å². The Balaban J connectivity index is 0.000000141. The molecule has 5 nitrogen and oxygen atoms in total. The summed E-state index contributed by atoms with van der Waals surface area (Å²) in [5.74, 6) is -0.781. The van der Waals surface area contributed by atoms with Gasteiger partial charge in [0.25, 0.3) is 0 Å². The maximum atomic E-state index is 11.0. The first-order valence-electron chi connectivity index (χ1n) is 7.43. The van der Waals surface area contributed by atoms with Crippen LogP contribution in [-0.2, 0) is 0 Å². The maximum absolute atomic E-state index is 11.0. The minimum atomic E-state index is -0.891. The number of aromatic nitrogens is 2. The molecule has 0 saturated carbocycles. The molecule has 0 aliphatic rings. The molecule has 4 aromatic rings. The minimum absolute atomic E-state index is 0.109. The van der Waals surface area contributed by atoms with Crippen LogP contribution in [-0.4, -0.2) is 26.8 Å². The Bertz CT molecular complexity index is 943. The van der Waals surface area contributed by atoms with E-state index in [0.29, 0.717) is 5.56 Å². The Labute approximate surface area is 137 Å². The molecule has 0 amide bonds. The number of ketones is 1. The van der Waals surface area contributed by atoms with E-state index in [-0.39, 0.29) is 5.78 Å². The van der Waals surface area contributed by atoms with Gasteiger partial charge in [0.15, 0.2) is 5.78 Å². The van der Waals surface area contributed by atoms with Crippen molar-refractivity contribution >= 4 is 33.6 Å². The topological polar surface area (TPSA) is 85.9 Å². The van der Waals surface area contributed by atoms with E-state index < -0.39 is 5.97 Å². The van der Waals surface area contributed by atoms with Gasteiger partial charge in [-0.05, 0) is 55.5 Å². The molecule has 0 spiro atoms. The molecule has 2 heterocycles. The summed E-state index contributed by atoms with van der Waals surface area (Å²) in [4.78, 5) is 27.6. The number of rotatable bonds is 2. The smallest absolute Gasteiger partial charge is 0.335 e. The fraction of sp³-hybridized carbons (Fsp3) is 0.0526. The third-order valence-corrected chi connectivity index (χ3v) is 3.76. The SMILES string of the molecule is CC(=O)c1ccc2[nH]ccc2c1.O=C(O)c1ccc2[nH]ccc2c1. The zero-order valence-electron chi connectivity index (χ0n) is 13.0. The number of benzene rings is 2. The van der Waals surface area contributed by atoms with Crippen LogP contribution in [0.5, 0.6) is 0 Å². The van der Waals surface area contributed by atoms with Crippen molar-refractivity contribution in [2.24, 2.45) is 0 Å². The molecule has 0 saturated heterocycles. The lowest BCUT2D eigenvalue weighted by Gasteiger charge is -1.94. The highest BCUT2D eigenvalue weighted by Crippen LogP contribution is 2.14. The lowest BCUT2D eigenvalue weighted by Crippen LogP contribution is -1.94. The molecule has 0 atom stereocenters. The molecule has 0 unspecified atom stereocenters. The van der Waals surface area contributed by atoms with Gasteiger partial charge in [-0.1, -0.05) is 0 Å². The van der Waals surface area contributed by atoms with Gasteiger partial charge in [0.05, 0.1) is 5.56 Å². The molecule has 0 bridgehead atoms. The third-order valence-electron chi connectivity index (χ3n) is 3.76. The molecule has 0 radical (unpaired) electrons. The van der Waals surface area contributed by atoms with Gasteiger partial charge in [0.1, 0.15) is 0 Å². The normalized spacial score (nSPS) is 10.4. The van der Waals surface area contributed by atoms with Crippen molar-refractivity contribution < 1.29 is 14.7 Å². The van der Waals surface area contributed by atoms with Crippen LogP contribution in [0.4, 0.5) is 0 Å². The zero-order valence-corrected chi connectivity index (χ0v) is 13.0. The Hall–Kier alpha value is -3.34. The van der Waals surface area contributed by atoms with Crippen LogP contribution in [0.1, 0.15) is 27.6 Å². The molecule has 0 fully saturated rings. The van der Waals surface area contributed by atoms with E-state index in [2.05, 4.69) is 9.97 Å². The van der Waals surface area contributed by atoms with Gasteiger partial charge in [-0.2, -0.15) is 0 Å². The minimum Gasteiger partial charge on any atom is -0.478 e. The second-order valence-electron chi connectivity index (χ2n) is 5.42. The fourth-order valence-electron chi connectivity index (χ4n) is 2.46. The first-order chi connectivity index (χ1) is 11.5.